The second-order valence-corrected chi connectivity index (χ2v) is 17.3. The molecule has 7 rings (SSSR count). The molecule has 2 heterocycles. The van der Waals surface area contributed by atoms with Gasteiger partial charge in [0.25, 0.3) is 0 Å². The highest BCUT2D eigenvalue weighted by molar-refractivity contribution is 7.89. The minimum atomic E-state index is -3.60. The summed E-state index contributed by atoms with van der Waals surface area (Å²) in [6, 6.07) is 10.3. The lowest BCUT2D eigenvalue weighted by Gasteiger charge is -2.63. The number of nitrogens with zero attached hydrogens (tertiary/aromatic N) is 2. The van der Waals surface area contributed by atoms with Crippen molar-refractivity contribution >= 4 is 16.1 Å². The first-order valence-corrected chi connectivity index (χ1v) is 18.6. The first-order chi connectivity index (χ1) is 21.8. The highest BCUT2D eigenvalue weighted by Crippen LogP contribution is 2.70. The van der Waals surface area contributed by atoms with Crippen LogP contribution in [0.5, 0.6) is 0 Å². The molecule has 1 N–H and O–H groups in total. The van der Waals surface area contributed by atoms with Gasteiger partial charge in [0, 0.05) is 37.7 Å². The summed E-state index contributed by atoms with van der Waals surface area (Å²) in [6.07, 6.45) is 9.43. The van der Waals surface area contributed by atoms with Crippen LogP contribution in [-0.2, 0) is 14.8 Å². The quantitative estimate of drug-likeness (QED) is 0.450. The van der Waals surface area contributed by atoms with Crippen molar-refractivity contribution in [2.45, 2.75) is 101 Å². The largest absolute Gasteiger partial charge is 0.446 e. The molecule has 0 unspecified atom stereocenters. The first kappa shape index (κ1) is 31.9. The van der Waals surface area contributed by atoms with Crippen molar-refractivity contribution in [3.8, 4) is 0 Å². The van der Waals surface area contributed by atoms with Crippen LogP contribution in [0.15, 0.2) is 56.8 Å². The van der Waals surface area contributed by atoms with E-state index in [2.05, 4.69) is 13.8 Å². The van der Waals surface area contributed by atoms with Gasteiger partial charge in [-0.3, -0.25) is 0 Å². The van der Waals surface area contributed by atoms with Gasteiger partial charge in [0.05, 0.1) is 16.8 Å². The standard InChI is InChI=1S/C36H48N2O7S/c1-24-4-8-28(9-5-24)46(42,43)38-20-18-37(19-21-38)33(40)45-27-12-15-34(2)26(22-27)7-10-31-30(34)13-16-35(3)29(14-17-36(31,35)41)25-6-11-32(39)44-23-25/h4-6,8-9,11,23,26-27,29-31,41H,7,10,12-22H2,1-3H3/t26-,27+,29-,30+,31-,34+,35-,36+/m1/s1. The van der Waals surface area contributed by atoms with E-state index < -0.39 is 15.6 Å². The molecular formula is C36H48N2O7S. The van der Waals surface area contributed by atoms with E-state index in [1.807, 2.05) is 13.0 Å². The van der Waals surface area contributed by atoms with Crippen LogP contribution in [0.25, 0.3) is 0 Å². The molecule has 8 atom stereocenters. The van der Waals surface area contributed by atoms with Crippen molar-refractivity contribution < 1.29 is 27.5 Å². The molecule has 250 valence electrons. The average molecular weight is 653 g/mol. The van der Waals surface area contributed by atoms with E-state index >= 15 is 0 Å². The maximum Gasteiger partial charge on any atom is 0.410 e. The molecule has 46 heavy (non-hydrogen) atoms. The summed E-state index contributed by atoms with van der Waals surface area (Å²) in [5, 5.41) is 12.5. The topological polar surface area (TPSA) is 117 Å². The molecule has 1 saturated heterocycles. The lowest BCUT2D eigenvalue weighted by atomic mass is 9.43. The summed E-state index contributed by atoms with van der Waals surface area (Å²) < 4.78 is 39.0. The fourth-order valence-corrected chi connectivity index (χ4v) is 12.0. The summed E-state index contributed by atoms with van der Waals surface area (Å²) in [5.74, 6) is 1.27. The van der Waals surface area contributed by atoms with E-state index in [0.29, 0.717) is 24.9 Å². The number of carbonyl (C=O) groups excluding carboxylic acids is 1. The number of hydrogen-bond donors (Lipinski definition) is 1. The van der Waals surface area contributed by atoms with Gasteiger partial charge in [-0.2, -0.15) is 4.31 Å². The van der Waals surface area contributed by atoms with Crippen LogP contribution in [0, 0.1) is 35.5 Å². The van der Waals surface area contributed by atoms with E-state index in [0.717, 1.165) is 68.9 Å². The van der Waals surface area contributed by atoms with Crippen molar-refractivity contribution in [3.63, 3.8) is 0 Å². The van der Waals surface area contributed by atoms with Crippen LogP contribution >= 0.6 is 0 Å². The van der Waals surface area contributed by atoms with Gasteiger partial charge in [-0.05, 0) is 118 Å². The number of ether oxygens (including phenoxy) is 1. The van der Waals surface area contributed by atoms with E-state index in [9.17, 15) is 23.1 Å². The van der Waals surface area contributed by atoms with Crippen molar-refractivity contribution in [1.82, 2.24) is 9.21 Å². The van der Waals surface area contributed by atoms with Crippen molar-refractivity contribution in [3.05, 3.63) is 64.2 Å². The third kappa shape index (κ3) is 5.05. The fraction of sp³-hybridized carbons (Fsp3) is 0.667. The monoisotopic (exact) mass is 652 g/mol. The van der Waals surface area contributed by atoms with Crippen LogP contribution in [-0.4, -0.2) is 66.7 Å². The third-order valence-electron chi connectivity index (χ3n) is 13.4. The van der Waals surface area contributed by atoms with Gasteiger partial charge >= 0.3 is 11.7 Å². The number of fused-ring (bicyclic) bond motifs is 5. The van der Waals surface area contributed by atoms with Gasteiger partial charge in [0.2, 0.25) is 10.0 Å². The van der Waals surface area contributed by atoms with Gasteiger partial charge in [-0.1, -0.05) is 31.5 Å². The SMILES string of the molecule is Cc1ccc(S(=O)(=O)N2CCN(C(=O)O[C@H]3CC[C@@]4(C)[C@H](CC[C@@H]5[C@@H]4CC[C@]4(C)[C@@H](c6ccc(=O)oc6)CC[C@]54O)C3)CC2)cc1. The molecule has 5 fully saturated rings. The van der Waals surface area contributed by atoms with Crippen LogP contribution in [0.2, 0.25) is 0 Å². The smallest absolute Gasteiger partial charge is 0.410 e. The molecule has 0 bridgehead atoms. The van der Waals surface area contributed by atoms with Crippen molar-refractivity contribution in [2.75, 3.05) is 26.2 Å². The average Bonchev–Trinajstić information content (AvgIpc) is 3.32. The van der Waals surface area contributed by atoms with Gasteiger partial charge in [0.15, 0.2) is 0 Å². The fourth-order valence-electron chi connectivity index (χ4n) is 10.6. The molecule has 1 aromatic heterocycles. The Labute approximate surface area is 272 Å². The second kappa shape index (κ2) is 11.5. The number of rotatable bonds is 4. The molecule has 0 radical (unpaired) electrons. The number of amides is 1. The predicted octanol–water partition coefficient (Wildman–Crippen LogP) is 5.70. The Bertz CT molecular complexity index is 1610. The molecule has 1 amide bonds. The Balaban J connectivity index is 0.967. The van der Waals surface area contributed by atoms with Crippen molar-refractivity contribution in [2.24, 2.45) is 28.6 Å². The Morgan fingerprint density at radius 1 is 0.913 bits per heavy atom. The number of carbonyl (C=O) groups is 1. The first-order valence-electron chi connectivity index (χ1n) is 17.2. The molecular weight excluding hydrogens is 604 g/mol. The molecule has 1 aliphatic heterocycles. The van der Waals surface area contributed by atoms with Gasteiger partial charge in [-0.15, -0.1) is 0 Å². The van der Waals surface area contributed by atoms with Crippen LogP contribution in [0.3, 0.4) is 0 Å². The molecule has 9 nitrogen and oxygen atoms in total. The Kier molecular flexibility index (Phi) is 7.96. The van der Waals surface area contributed by atoms with E-state index in [1.165, 1.54) is 10.4 Å². The summed E-state index contributed by atoms with van der Waals surface area (Å²) in [5.41, 5.74) is 0.775. The number of sulfonamides is 1. The predicted molar refractivity (Wildman–Crippen MR) is 173 cm³/mol. The summed E-state index contributed by atoms with van der Waals surface area (Å²) >= 11 is 0. The Morgan fingerprint density at radius 3 is 2.35 bits per heavy atom. The summed E-state index contributed by atoms with van der Waals surface area (Å²) in [4.78, 5) is 26.8. The van der Waals surface area contributed by atoms with Gasteiger partial charge < -0.3 is 19.2 Å². The molecule has 0 spiro atoms. The second-order valence-electron chi connectivity index (χ2n) is 15.3. The molecule has 4 saturated carbocycles. The number of aliphatic hydroxyl groups is 1. The number of benzene rings is 1. The highest BCUT2D eigenvalue weighted by Gasteiger charge is 2.67. The molecule has 2 aromatic rings. The zero-order valence-electron chi connectivity index (χ0n) is 27.3. The summed E-state index contributed by atoms with van der Waals surface area (Å²) in [7, 11) is -3.60. The minimum absolute atomic E-state index is 0.0937. The lowest BCUT2D eigenvalue weighted by molar-refractivity contribution is -0.205. The van der Waals surface area contributed by atoms with E-state index in [1.54, 1.807) is 35.4 Å². The third-order valence-corrected chi connectivity index (χ3v) is 15.3. The maximum absolute atomic E-state index is 13.2. The van der Waals surface area contributed by atoms with E-state index in [4.69, 9.17) is 9.15 Å². The summed E-state index contributed by atoms with van der Waals surface area (Å²) in [6.45, 7) is 7.74. The normalized spacial score (nSPS) is 38.0. The molecule has 5 aliphatic rings. The maximum atomic E-state index is 13.2. The van der Waals surface area contributed by atoms with Gasteiger partial charge in [-0.25, -0.2) is 18.0 Å². The minimum Gasteiger partial charge on any atom is -0.446 e. The van der Waals surface area contributed by atoms with Crippen LogP contribution in [0.4, 0.5) is 4.79 Å². The van der Waals surface area contributed by atoms with E-state index in [-0.39, 0.29) is 58.5 Å². The Morgan fingerprint density at radius 2 is 1.65 bits per heavy atom. The van der Waals surface area contributed by atoms with Crippen LogP contribution < -0.4 is 5.63 Å². The zero-order chi connectivity index (χ0) is 32.5. The van der Waals surface area contributed by atoms with Crippen LogP contribution in [0.1, 0.15) is 88.7 Å². The molecule has 4 aliphatic carbocycles. The zero-order valence-corrected chi connectivity index (χ0v) is 28.1. The number of aryl methyl sites for hydroxylation is 1. The van der Waals surface area contributed by atoms with Gasteiger partial charge in [0.1, 0.15) is 6.10 Å². The lowest BCUT2D eigenvalue weighted by Crippen LogP contribution is -2.62. The Hall–Kier alpha value is -2.69. The van der Waals surface area contributed by atoms with Crippen molar-refractivity contribution in [1.29, 1.82) is 0 Å². The molecule has 10 heteroatoms. The number of hydrogen-bond acceptors (Lipinski definition) is 7. The molecule has 1 aromatic carbocycles. The highest BCUT2D eigenvalue weighted by atomic mass is 32.2. The number of piperazine rings is 1.